The van der Waals surface area contributed by atoms with Crippen molar-refractivity contribution in [3.05, 3.63) is 71.6 Å². The number of aromatic nitrogens is 1. The Morgan fingerprint density at radius 1 is 1.23 bits per heavy atom. The fourth-order valence-electron chi connectivity index (χ4n) is 2.90. The third kappa shape index (κ3) is 6.26. The number of hydrogen-bond donors (Lipinski definition) is 1. The van der Waals surface area contributed by atoms with E-state index >= 15 is 0 Å². The molecular formula is C20H23ClN3O2-. The van der Waals surface area contributed by atoms with Crippen LogP contribution in [0.1, 0.15) is 16.7 Å². The number of aliphatic hydroxyl groups excluding tert-OH is 1. The van der Waals surface area contributed by atoms with Gasteiger partial charge in [0.15, 0.2) is 0 Å². The fourth-order valence-corrected chi connectivity index (χ4v) is 2.90. The first-order valence-corrected chi connectivity index (χ1v) is 8.50. The Labute approximate surface area is 160 Å². The number of aliphatic hydroxyl groups is 1. The molecular weight excluding hydrogens is 350 g/mol. The maximum Gasteiger partial charge on any atom is 0.144 e. The number of pyridine rings is 1. The lowest BCUT2D eigenvalue weighted by molar-refractivity contribution is -0.00000981. The van der Waals surface area contributed by atoms with Crippen LogP contribution < -0.4 is 12.4 Å². The molecule has 2 aromatic rings. The van der Waals surface area contributed by atoms with Gasteiger partial charge in [-0.25, -0.2) is 0 Å². The number of rotatable bonds is 7. The van der Waals surface area contributed by atoms with Crippen LogP contribution in [0.4, 0.5) is 0 Å². The highest BCUT2D eigenvalue weighted by Gasteiger charge is 2.18. The predicted octanol–water partition coefficient (Wildman–Crippen LogP) is -0.480. The van der Waals surface area contributed by atoms with Crippen LogP contribution >= 0.6 is 0 Å². The van der Waals surface area contributed by atoms with Crippen molar-refractivity contribution in [2.24, 2.45) is 5.16 Å². The molecule has 5 nitrogen and oxygen atoms in total. The zero-order valence-corrected chi connectivity index (χ0v) is 15.3. The van der Waals surface area contributed by atoms with Crippen LogP contribution in [0.5, 0.6) is 0 Å². The summed E-state index contributed by atoms with van der Waals surface area (Å²) in [6.07, 6.45) is 9.22. The summed E-state index contributed by atoms with van der Waals surface area (Å²) in [6, 6.07) is 12.3. The van der Waals surface area contributed by atoms with Crippen LogP contribution in [0.2, 0.25) is 0 Å². The van der Waals surface area contributed by atoms with Gasteiger partial charge in [-0.05, 0) is 35.3 Å². The summed E-state index contributed by atoms with van der Waals surface area (Å²) in [4.78, 5) is 11.5. The normalized spacial score (nSPS) is 15.6. The van der Waals surface area contributed by atoms with E-state index in [9.17, 15) is 5.11 Å². The van der Waals surface area contributed by atoms with Crippen molar-refractivity contribution in [3.8, 4) is 0 Å². The number of benzene rings is 1. The van der Waals surface area contributed by atoms with Gasteiger partial charge in [-0.3, -0.25) is 9.88 Å². The molecule has 1 aliphatic heterocycles. The van der Waals surface area contributed by atoms with E-state index in [0.717, 1.165) is 25.1 Å². The Morgan fingerprint density at radius 2 is 2.08 bits per heavy atom. The van der Waals surface area contributed by atoms with Gasteiger partial charge in [-0.15, -0.1) is 0 Å². The standard InChI is InChI=1S/C20H23N3O2.ClH/c24-20(15-23-12-9-18-7-1-2-8-19(18)14-23)16-25-22-11-4-6-17-5-3-10-21-13-17;/h1-8,10-11,13,20,24H,9,12,14-16H2;1H/p-1/b6-4+,22-11+;. The van der Waals surface area contributed by atoms with Crippen molar-refractivity contribution in [2.45, 2.75) is 19.1 Å². The zero-order valence-electron chi connectivity index (χ0n) is 14.5. The van der Waals surface area contributed by atoms with Gasteiger partial charge in [-0.1, -0.05) is 41.6 Å². The Morgan fingerprint density at radius 3 is 2.88 bits per heavy atom. The molecule has 0 fully saturated rings. The molecule has 1 aliphatic rings. The summed E-state index contributed by atoms with van der Waals surface area (Å²) in [7, 11) is 0. The molecule has 1 N–H and O–H groups in total. The van der Waals surface area contributed by atoms with Crippen LogP contribution in [-0.2, 0) is 17.8 Å². The number of fused-ring (bicyclic) bond motifs is 1. The maximum absolute atomic E-state index is 10.1. The Bertz CT molecular complexity index is 722. The molecule has 1 atom stereocenters. The molecule has 1 unspecified atom stereocenters. The van der Waals surface area contributed by atoms with Crippen molar-refractivity contribution in [1.29, 1.82) is 0 Å². The minimum absolute atomic E-state index is 0. The average Bonchev–Trinajstić information content (AvgIpc) is 2.65. The van der Waals surface area contributed by atoms with Gasteiger partial charge in [-0.2, -0.15) is 0 Å². The molecule has 2 heterocycles. The van der Waals surface area contributed by atoms with Gasteiger partial charge in [0, 0.05) is 32.0 Å². The molecule has 0 spiro atoms. The molecule has 0 radical (unpaired) electrons. The van der Waals surface area contributed by atoms with Crippen molar-refractivity contribution in [3.63, 3.8) is 0 Å². The molecule has 6 heteroatoms. The van der Waals surface area contributed by atoms with Crippen molar-refractivity contribution >= 4 is 12.3 Å². The molecule has 0 saturated heterocycles. The highest BCUT2D eigenvalue weighted by atomic mass is 35.5. The Balaban J connectivity index is 0.00000243. The van der Waals surface area contributed by atoms with E-state index in [1.807, 2.05) is 18.2 Å². The van der Waals surface area contributed by atoms with Gasteiger partial charge in [0.05, 0.1) is 6.21 Å². The number of oxime groups is 1. The molecule has 0 aliphatic carbocycles. The number of halogens is 1. The average molecular weight is 373 g/mol. The van der Waals surface area contributed by atoms with Crippen LogP contribution in [0.15, 0.2) is 60.0 Å². The zero-order chi connectivity index (χ0) is 17.3. The van der Waals surface area contributed by atoms with E-state index in [1.54, 1.807) is 24.7 Å². The van der Waals surface area contributed by atoms with E-state index in [0.29, 0.717) is 6.54 Å². The number of nitrogens with zero attached hydrogens (tertiary/aromatic N) is 3. The lowest BCUT2D eigenvalue weighted by Gasteiger charge is -2.29. The molecule has 1 aromatic heterocycles. The number of allylic oxidation sites excluding steroid dienone is 1. The number of β-amino-alcohol motifs (C(OH)–C–C–N with tert-alkyl or cyclic N) is 1. The summed E-state index contributed by atoms with van der Waals surface area (Å²) in [5.41, 5.74) is 3.76. The van der Waals surface area contributed by atoms with Crippen LogP contribution in [0.25, 0.3) is 6.08 Å². The minimum atomic E-state index is -0.551. The first-order chi connectivity index (χ1) is 12.3. The van der Waals surface area contributed by atoms with Gasteiger partial charge < -0.3 is 22.4 Å². The van der Waals surface area contributed by atoms with Gasteiger partial charge >= 0.3 is 0 Å². The summed E-state index contributed by atoms with van der Waals surface area (Å²) < 4.78 is 0. The first kappa shape index (κ1) is 20.1. The third-order valence-corrected chi connectivity index (χ3v) is 4.14. The minimum Gasteiger partial charge on any atom is -1.00 e. The summed E-state index contributed by atoms with van der Waals surface area (Å²) in [5, 5.41) is 14.0. The summed E-state index contributed by atoms with van der Waals surface area (Å²) in [6.45, 7) is 2.63. The van der Waals surface area contributed by atoms with Gasteiger partial charge in [0.25, 0.3) is 0 Å². The molecule has 0 saturated carbocycles. The molecule has 3 rings (SSSR count). The quantitative estimate of drug-likeness (QED) is 0.527. The van der Waals surface area contributed by atoms with E-state index in [4.69, 9.17) is 4.84 Å². The van der Waals surface area contributed by atoms with Gasteiger partial charge in [0.1, 0.15) is 12.7 Å². The molecule has 0 amide bonds. The van der Waals surface area contributed by atoms with Crippen LogP contribution in [0, 0.1) is 0 Å². The van der Waals surface area contributed by atoms with Crippen LogP contribution in [-0.4, -0.2) is 47.0 Å². The van der Waals surface area contributed by atoms with E-state index < -0.39 is 6.10 Å². The monoisotopic (exact) mass is 372 g/mol. The second kappa shape index (κ2) is 10.7. The summed E-state index contributed by atoms with van der Waals surface area (Å²) >= 11 is 0. The predicted molar refractivity (Wildman–Crippen MR) is 99.1 cm³/mol. The SMILES string of the molecule is OC(CO/N=C/C=C/c1cccnc1)CN1CCc2ccccc2C1.[Cl-]. The highest BCUT2D eigenvalue weighted by molar-refractivity contribution is 5.77. The molecule has 0 bridgehead atoms. The Kier molecular flexibility index (Phi) is 8.28. The van der Waals surface area contributed by atoms with Crippen molar-refractivity contribution < 1.29 is 22.4 Å². The molecule has 26 heavy (non-hydrogen) atoms. The lowest BCUT2D eigenvalue weighted by atomic mass is 10.00. The smallest absolute Gasteiger partial charge is 0.144 e. The van der Waals surface area contributed by atoms with E-state index in [-0.39, 0.29) is 19.0 Å². The van der Waals surface area contributed by atoms with Crippen molar-refractivity contribution in [1.82, 2.24) is 9.88 Å². The van der Waals surface area contributed by atoms with Crippen molar-refractivity contribution in [2.75, 3.05) is 19.7 Å². The second-order valence-corrected chi connectivity index (χ2v) is 6.10. The second-order valence-electron chi connectivity index (χ2n) is 6.10. The topological polar surface area (TPSA) is 58.0 Å². The van der Waals surface area contributed by atoms with Gasteiger partial charge in [0.2, 0.25) is 0 Å². The Hall–Kier alpha value is -2.21. The fraction of sp³-hybridized carbons (Fsp3) is 0.300. The largest absolute Gasteiger partial charge is 1.00 e. The molecule has 138 valence electrons. The lowest BCUT2D eigenvalue weighted by Crippen LogP contribution is -3.00. The number of hydrogen-bond acceptors (Lipinski definition) is 5. The van der Waals surface area contributed by atoms with Crippen LogP contribution in [0.3, 0.4) is 0 Å². The third-order valence-electron chi connectivity index (χ3n) is 4.14. The summed E-state index contributed by atoms with van der Waals surface area (Å²) in [5.74, 6) is 0. The highest BCUT2D eigenvalue weighted by Crippen LogP contribution is 2.18. The van der Waals surface area contributed by atoms with E-state index in [1.165, 1.54) is 11.1 Å². The first-order valence-electron chi connectivity index (χ1n) is 8.50. The molecule has 1 aromatic carbocycles. The van der Waals surface area contributed by atoms with E-state index in [2.05, 4.69) is 39.3 Å². The maximum atomic E-state index is 10.1.